The van der Waals surface area contributed by atoms with Crippen LogP contribution < -0.4 is 5.43 Å². The molecule has 0 atom stereocenters. The summed E-state index contributed by atoms with van der Waals surface area (Å²) in [6.45, 7) is 0.479. The normalized spacial score (nSPS) is 11.2. The summed E-state index contributed by atoms with van der Waals surface area (Å²) in [6, 6.07) is 9.58. The van der Waals surface area contributed by atoms with Crippen molar-refractivity contribution in [3.05, 3.63) is 76.0 Å². The Morgan fingerprint density at radius 2 is 2.17 bits per heavy atom. The van der Waals surface area contributed by atoms with Gasteiger partial charge in [-0.25, -0.2) is 9.37 Å². The Kier molecular flexibility index (Phi) is 3.31. The first-order valence-corrected chi connectivity index (χ1v) is 7.86. The van der Waals surface area contributed by atoms with Crippen LogP contribution in [0.15, 0.2) is 63.4 Å². The first-order valence-electron chi connectivity index (χ1n) is 6.98. The Bertz CT molecular complexity index is 1050. The predicted molar refractivity (Wildman–Crippen MR) is 87.1 cm³/mol. The highest BCUT2D eigenvalue weighted by molar-refractivity contribution is 7.17. The molecule has 0 bridgehead atoms. The lowest BCUT2D eigenvalue weighted by Crippen LogP contribution is -2.07. The summed E-state index contributed by atoms with van der Waals surface area (Å²) >= 11 is 1.42. The number of pyridine rings is 1. The van der Waals surface area contributed by atoms with Crippen LogP contribution in [0.5, 0.6) is 0 Å². The Morgan fingerprint density at radius 1 is 1.26 bits per heavy atom. The Hall–Kier alpha value is -2.73. The van der Waals surface area contributed by atoms with E-state index < -0.39 is 0 Å². The van der Waals surface area contributed by atoms with E-state index in [-0.39, 0.29) is 11.2 Å². The van der Waals surface area contributed by atoms with Crippen molar-refractivity contribution >= 4 is 21.6 Å². The summed E-state index contributed by atoms with van der Waals surface area (Å²) < 4.78 is 21.4. The Morgan fingerprint density at radius 3 is 3.04 bits per heavy atom. The van der Waals surface area contributed by atoms with Crippen LogP contribution in [-0.2, 0) is 6.54 Å². The van der Waals surface area contributed by atoms with E-state index in [2.05, 4.69) is 4.98 Å². The number of nitrogens with zero attached hydrogens (tertiary/aromatic N) is 2. The van der Waals surface area contributed by atoms with Crippen LogP contribution in [0.4, 0.5) is 4.39 Å². The van der Waals surface area contributed by atoms with Gasteiger partial charge in [-0.1, -0.05) is 6.07 Å². The standard InChI is InChI=1S/C17H11FN2O2S/c18-12-3-1-2-11(8-12)17-19-13(10-22-17)9-20-6-4-15(21)16-14(20)5-7-23-16/h1-8,10H,9H2. The maximum absolute atomic E-state index is 13.3. The van der Waals surface area contributed by atoms with Gasteiger partial charge in [0.2, 0.25) is 5.89 Å². The summed E-state index contributed by atoms with van der Waals surface area (Å²) in [4.78, 5) is 16.2. The fourth-order valence-electron chi connectivity index (χ4n) is 2.47. The van der Waals surface area contributed by atoms with Crippen molar-refractivity contribution in [1.82, 2.24) is 9.55 Å². The second-order valence-electron chi connectivity index (χ2n) is 5.10. The molecule has 4 aromatic rings. The highest BCUT2D eigenvalue weighted by atomic mass is 32.1. The third-order valence-corrected chi connectivity index (χ3v) is 4.46. The minimum absolute atomic E-state index is 0.0202. The number of thiophene rings is 1. The molecule has 0 spiro atoms. The van der Waals surface area contributed by atoms with Crippen molar-refractivity contribution in [2.24, 2.45) is 0 Å². The van der Waals surface area contributed by atoms with Gasteiger partial charge in [0.05, 0.1) is 22.5 Å². The second-order valence-corrected chi connectivity index (χ2v) is 6.01. The van der Waals surface area contributed by atoms with E-state index in [0.29, 0.717) is 23.7 Å². The van der Waals surface area contributed by atoms with Crippen molar-refractivity contribution in [1.29, 1.82) is 0 Å². The van der Waals surface area contributed by atoms with Crippen LogP contribution >= 0.6 is 11.3 Å². The minimum atomic E-state index is -0.331. The van der Waals surface area contributed by atoms with Crippen molar-refractivity contribution < 1.29 is 8.81 Å². The summed E-state index contributed by atoms with van der Waals surface area (Å²) in [5.74, 6) is 0.0461. The largest absolute Gasteiger partial charge is 0.444 e. The molecule has 1 aromatic carbocycles. The molecule has 23 heavy (non-hydrogen) atoms. The number of rotatable bonds is 3. The molecule has 3 aromatic heterocycles. The number of hydrogen-bond acceptors (Lipinski definition) is 4. The van der Waals surface area contributed by atoms with Crippen LogP contribution in [0, 0.1) is 5.82 Å². The summed E-state index contributed by atoms with van der Waals surface area (Å²) in [5, 5.41) is 1.89. The van der Waals surface area contributed by atoms with E-state index in [9.17, 15) is 9.18 Å². The molecule has 4 nitrogen and oxygen atoms in total. The van der Waals surface area contributed by atoms with Gasteiger partial charge in [0, 0.05) is 17.8 Å². The molecule has 0 saturated carbocycles. The molecule has 0 amide bonds. The molecular formula is C17H11FN2O2S. The van der Waals surface area contributed by atoms with Crippen LogP contribution in [0.2, 0.25) is 0 Å². The van der Waals surface area contributed by atoms with Gasteiger partial charge in [-0.3, -0.25) is 4.79 Å². The van der Waals surface area contributed by atoms with Crippen molar-refractivity contribution in [3.63, 3.8) is 0 Å². The topological polar surface area (TPSA) is 48.0 Å². The number of benzene rings is 1. The predicted octanol–water partition coefficient (Wildman–Crippen LogP) is 3.91. The number of aromatic nitrogens is 2. The number of hydrogen-bond donors (Lipinski definition) is 0. The highest BCUT2D eigenvalue weighted by Gasteiger charge is 2.10. The zero-order valence-electron chi connectivity index (χ0n) is 11.9. The fourth-order valence-corrected chi connectivity index (χ4v) is 3.30. The first kappa shape index (κ1) is 13.9. The molecule has 6 heteroatoms. The van der Waals surface area contributed by atoms with Crippen LogP contribution in [0.25, 0.3) is 21.7 Å². The highest BCUT2D eigenvalue weighted by Crippen LogP contribution is 2.21. The van der Waals surface area contributed by atoms with Crippen molar-refractivity contribution in [3.8, 4) is 11.5 Å². The van der Waals surface area contributed by atoms with Gasteiger partial charge in [-0.15, -0.1) is 11.3 Å². The Balaban J connectivity index is 1.68. The summed E-state index contributed by atoms with van der Waals surface area (Å²) in [5.41, 5.74) is 2.20. The summed E-state index contributed by atoms with van der Waals surface area (Å²) in [6.07, 6.45) is 3.30. The fraction of sp³-hybridized carbons (Fsp3) is 0.0588. The average molecular weight is 326 g/mol. The third-order valence-electron chi connectivity index (χ3n) is 3.54. The maximum atomic E-state index is 13.3. The number of fused-ring (bicyclic) bond motifs is 1. The average Bonchev–Trinajstić information content (AvgIpc) is 3.20. The van der Waals surface area contributed by atoms with Gasteiger partial charge in [0.15, 0.2) is 5.43 Å². The molecule has 3 heterocycles. The third kappa shape index (κ3) is 2.57. The SMILES string of the molecule is O=c1ccn(Cc2coc(-c3cccc(F)c3)n2)c2ccsc12. The lowest BCUT2D eigenvalue weighted by atomic mass is 10.2. The molecule has 0 aliphatic heterocycles. The second kappa shape index (κ2) is 5.48. The maximum Gasteiger partial charge on any atom is 0.226 e. The lowest BCUT2D eigenvalue weighted by Gasteiger charge is -2.05. The molecule has 0 saturated heterocycles. The minimum Gasteiger partial charge on any atom is -0.444 e. The van der Waals surface area contributed by atoms with Gasteiger partial charge >= 0.3 is 0 Å². The van der Waals surface area contributed by atoms with E-state index >= 15 is 0 Å². The number of halogens is 1. The van der Waals surface area contributed by atoms with Crippen LogP contribution in [0.3, 0.4) is 0 Å². The van der Waals surface area contributed by atoms with Gasteiger partial charge in [0.1, 0.15) is 12.1 Å². The molecule has 114 valence electrons. The van der Waals surface area contributed by atoms with E-state index in [4.69, 9.17) is 4.42 Å². The van der Waals surface area contributed by atoms with E-state index in [1.165, 1.54) is 23.5 Å². The van der Waals surface area contributed by atoms with Gasteiger partial charge in [-0.2, -0.15) is 0 Å². The molecule has 0 aliphatic carbocycles. The van der Waals surface area contributed by atoms with Crippen molar-refractivity contribution in [2.75, 3.05) is 0 Å². The molecule has 0 unspecified atom stereocenters. The summed E-state index contributed by atoms with van der Waals surface area (Å²) in [7, 11) is 0. The lowest BCUT2D eigenvalue weighted by molar-refractivity contribution is 0.569. The first-order chi connectivity index (χ1) is 11.2. The monoisotopic (exact) mass is 326 g/mol. The van der Waals surface area contributed by atoms with Crippen LogP contribution in [0.1, 0.15) is 5.69 Å². The molecule has 4 rings (SSSR count). The number of oxazole rings is 1. The smallest absolute Gasteiger partial charge is 0.226 e. The quantitative estimate of drug-likeness (QED) is 0.573. The zero-order valence-corrected chi connectivity index (χ0v) is 12.7. The van der Waals surface area contributed by atoms with E-state index in [1.54, 1.807) is 30.7 Å². The molecule has 0 N–H and O–H groups in total. The van der Waals surface area contributed by atoms with Crippen LogP contribution in [-0.4, -0.2) is 9.55 Å². The molecule has 0 radical (unpaired) electrons. The Labute approximate surface area is 134 Å². The van der Waals surface area contributed by atoms with E-state index in [1.807, 2.05) is 16.0 Å². The zero-order chi connectivity index (χ0) is 15.8. The molecule has 0 fully saturated rings. The van der Waals surface area contributed by atoms with Gasteiger partial charge in [0.25, 0.3) is 0 Å². The van der Waals surface area contributed by atoms with E-state index in [0.717, 1.165) is 10.2 Å². The van der Waals surface area contributed by atoms with Gasteiger partial charge in [-0.05, 0) is 29.6 Å². The van der Waals surface area contributed by atoms with Crippen molar-refractivity contribution in [2.45, 2.75) is 6.54 Å². The molecule has 0 aliphatic rings. The van der Waals surface area contributed by atoms with Gasteiger partial charge < -0.3 is 8.98 Å². The molecular weight excluding hydrogens is 315 g/mol.